The van der Waals surface area contributed by atoms with Crippen molar-refractivity contribution in [3.63, 3.8) is 0 Å². The number of piperidine rings is 1. The summed E-state index contributed by atoms with van der Waals surface area (Å²) in [5.74, 6) is 2.46. The second kappa shape index (κ2) is 6.55. The Labute approximate surface area is 175 Å². The van der Waals surface area contributed by atoms with Crippen molar-refractivity contribution in [1.82, 2.24) is 9.88 Å². The molecule has 2 heterocycles. The molecule has 5 atom stereocenters. The predicted molar refractivity (Wildman–Crippen MR) is 117 cm³/mol. The predicted octanol–water partition coefficient (Wildman–Crippen LogP) is 5.76. The monoisotopic (exact) mass is 390 g/mol. The number of aryl methyl sites for hydroxylation is 1. The van der Waals surface area contributed by atoms with Crippen LogP contribution < -0.4 is 0 Å². The lowest BCUT2D eigenvalue weighted by atomic mass is 9.49. The highest BCUT2D eigenvalue weighted by Gasteiger charge is 2.57. The molecule has 1 aliphatic heterocycles. The molecule has 1 aromatic heterocycles. The van der Waals surface area contributed by atoms with Crippen LogP contribution in [0, 0.1) is 35.5 Å². The Balaban J connectivity index is 1.49. The Bertz CT molecular complexity index is 915. The van der Waals surface area contributed by atoms with Gasteiger partial charge >= 0.3 is 0 Å². The van der Waals surface area contributed by atoms with E-state index in [0.29, 0.717) is 24.2 Å². The molecule has 2 fully saturated rings. The van der Waals surface area contributed by atoms with Crippen LogP contribution in [-0.2, 0) is 4.79 Å². The SMILES string of the molecule is CCN1C(=O)CCC2(C)C1=CC[C@H]1[C@H]3CC=C(c4cncc(C)c4)C3(C)CC[C@@H]12. The van der Waals surface area contributed by atoms with E-state index in [1.54, 1.807) is 0 Å². The van der Waals surface area contributed by atoms with Crippen LogP contribution in [0.5, 0.6) is 0 Å². The molecule has 3 aliphatic carbocycles. The van der Waals surface area contributed by atoms with Gasteiger partial charge in [-0.15, -0.1) is 0 Å². The summed E-state index contributed by atoms with van der Waals surface area (Å²) in [5, 5.41) is 0. The lowest BCUT2D eigenvalue weighted by Gasteiger charge is -2.58. The minimum absolute atomic E-state index is 0.168. The van der Waals surface area contributed by atoms with Crippen LogP contribution in [0.4, 0.5) is 0 Å². The van der Waals surface area contributed by atoms with Crippen molar-refractivity contribution >= 4 is 11.5 Å². The summed E-state index contributed by atoms with van der Waals surface area (Å²) in [7, 11) is 0. The number of likely N-dealkylation sites (tertiary alicyclic amines) is 1. The normalized spacial score (nSPS) is 38.7. The number of fused-ring (bicyclic) bond motifs is 5. The first-order chi connectivity index (χ1) is 13.9. The van der Waals surface area contributed by atoms with Crippen LogP contribution in [-0.4, -0.2) is 22.3 Å². The fraction of sp³-hybridized carbons (Fsp3) is 0.615. The number of carbonyl (C=O) groups is 1. The Morgan fingerprint density at radius 3 is 2.69 bits per heavy atom. The molecule has 0 aromatic carbocycles. The third-order valence-electron chi connectivity index (χ3n) is 8.96. The highest BCUT2D eigenvalue weighted by Crippen LogP contribution is 2.66. The molecule has 4 aliphatic rings. The van der Waals surface area contributed by atoms with Gasteiger partial charge in [0.25, 0.3) is 0 Å². The van der Waals surface area contributed by atoms with Crippen LogP contribution in [0.2, 0.25) is 0 Å². The molecule has 2 unspecified atom stereocenters. The number of hydrogen-bond donors (Lipinski definition) is 0. The Morgan fingerprint density at radius 1 is 1.10 bits per heavy atom. The van der Waals surface area contributed by atoms with E-state index in [0.717, 1.165) is 25.3 Å². The summed E-state index contributed by atoms with van der Waals surface area (Å²) in [6.07, 6.45) is 15.6. The second-order valence-electron chi connectivity index (χ2n) is 10.3. The van der Waals surface area contributed by atoms with Gasteiger partial charge in [-0.25, -0.2) is 0 Å². The molecule has 0 N–H and O–H groups in total. The molecule has 154 valence electrons. The minimum atomic E-state index is 0.168. The first kappa shape index (κ1) is 19.1. The van der Waals surface area contributed by atoms with Crippen LogP contribution in [0.25, 0.3) is 5.57 Å². The summed E-state index contributed by atoms with van der Waals surface area (Å²) >= 11 is 0. The molecule has 1 saturated heterocycles. The molecule has 1 saturated carbocycles. The summed E-state index contributed by atoms with van der Waals surface area (Å²) in [6.45, 7) is 10.0. The van der Waals surface area contributed by atoms with Crippen molar-refractivity contribution in [2.75, 3.05) is 6.54 Å². The van der Waals surface area contributed by atoms with E-state index >= 15 is 0 Å². The first-order valence-electron chi connectivity index (χ1n) is 11.5. The molecule has 3 heteroatoms. The fourth-order valence-corrected chi connectivity index (χ4v) is 7.51. The van der Waals surface area contributed by atoms with E-state index in [2.05, 4.69) is 62.0 Å². The number of nitrogens with zero attached hydrogens (tertiary/aromatic N) is 2. The highest BCUT2D eigenvalue weighted by molar-refractivity contribution is 5.80. The number of allylic oxidation sites excluding steroid dienone is 4. The molecular weight excluding hydrogens is 356 g/mol. The molecule has 1 amide bonds. The fourth-order valence-electron chi connectivity index (χ4n) is 7.51. The number of carbonyl (C=O) groups excluding carboxylic acids is 1. The lowest BCUT2D eigenvalue weighted by Crippen LogP contribution is -2.53. The van der Waals surface area contributed by atoms with Crippen molar-refractivity contribution in [2.24, 2.45) is 28.6 Å². The van der Waals surface area contributed by atoms with Crippen LogP contribution in [0.15, 0.2) is 36.3 Å². The van der Waals surface area contributed by atoms with Gasteiger partial charge in [-0.3, -0.25) is 9.78 Å². The molecule has 5 rings (SSSR count). The average molecular weight is 391 g/mol. The topological polar surface area (TPSA) is 33.2 Å². The summed E-state index contributed by atoms with van der Waals surface area (Å²) < 4.78 is 0. The zero-order chi connectivity index (χ0) is 20.4. The number of rotatable bonds is 2. The summed E-state index contributed by atoms with van der Waals surface area (Å²) in [4.78, 5) is 19.1. The highest BCUT2D eigenvalue weighted by atomic mass is 16.2. The molecule has 29 heavy (non-hydrogen) atoms. The second-order valence-corrected chi connectivity index (χ2v) is 10.3. The number of pyridine rings is 1. The zero-order valence-corrected chi connectivity index (χ0v) is 18.4. The van der Waals surface area contributed by atoms with Gasteiger partial charge in [0, 0.05) is 36.5 Å². The summed E-state index contributed by atoms with van der Waals surface area (Å²) in [6, 6.07) is 2.31. The smallest absolute Gasteiger partial charge is 0.226 e. The van der Waals surface area contributed by atoms with E-state index < -0.39 is 0 Å². The number of amides is 1. The minimum Gasteiger partial charge on any atom is -0.316 e. The van der Waals surface area contributed by atoms with Crippen molar-refractivity contribution < 1.29 is 4.79 Å². The van der Waals surface area contributed by atoms with Gasteiger partial charge in [0.05, 0.1) is 0 Å². The van der Waals surface area contributed by atoms with Crippen molar-refractivity contribution in [3.8, 4) is 0 Å². The van der Waals surface area contributed by atoms with Gasteiger partial charge in [-0.1, -0.05) is 26.0 Å². The quantitative estimate of drug-likeness (QED) is 0.643. The largest absolute Gasteiger partial charge is 0.316 e. The van der Waals surface area contributed by atoms with Crippen molar-refractivity contribution in [2.45, 2.75) is 66.2 Å². The molecular formula is C26H34N2O. The van der Waals surface area contributed by atoms with Crippen LogP contribution >= 0.6 is 0 Å². The molecule has 3 nitrogen and oxygen atoms in total. The van der Waals surface area contributed by atoms with Gasteiger partial charge in [0.2, 0.25) is 5.91 Å². The Morgan fingerprint density at radius 2 is 1.93 bits per heavy atom. The molecule has 0 radical (unpaired) electrons. The maximum atomic E-state index is 12.5. The van der Waals surface area contributed by atoms with E-state index in [-0.39, 0.29) is 10.8 Å². The lowest BCUT2D eigenvalue weighted by molar-refractivity contribution is -0.136. The van der Waals surface area contributed by atoms with Crippen LogP contribution in [0.1, 0.15) is 70.4 Å². The maximum Gasteiger partial charge on any atom is 0.226 e. The molecule has 1 aromatic rings. The number of aromatic nitrogens is 1. The van der Waals surface area contributed by atoms with Crippen LogP contribution in [0.3, 0.4) is 0 Å². The third kappa shape index (κ3) is 2.62. The Kier molecular flexibility index (Phi) is 4.31. The van der Waals surface area contributed by atoms with Gasteiger partial charge in [0.1, 0.15) is 0 Å². The standard InChI is InChI=1S/C26H34N2O/c1-5-28-23-9-6-19-21-8-7-20(18-14-17(2)15-27-16-18)25(21,3)12-10-22(19)26(23,4)13-11-24(28)29/h7,9,14-16,19,21-22H,5-6,8,10-13H2,1-4H3/t19-,21+,22-,25?,26?/m0/s1. The van der Waals surface area contributed by atoms with Gasteiger partial charge in [0.15, 0.2) is 0 Å². The van der Waals surface area contributed by atoms with E-state index in [1.807, 2.05) is 6.20 Å². The maximum absolute atomic E-state index is 12.5. The third-order valence-corrected chi connectivity index (χ3v) is 8.96. The Hall–Kier alpha value is -1.90. The summed E-state index contributed by atoms with van der Waals surface area (Å²) in [5.41, 5.74) is 5.87. The zero-order valence-electron chi connectivity index (χ0n) is 18.4. The van der Waals surface area contributed by atoms with E-state index in [1.165, 1.54) is 41.7 Å². The van der Waals surface area contributed by atoms with Crippen molar-refractivity contribution in [1.29, 1.82) is 0 Å². The van der Waals surface area contributed by atoms with E-state index in [9.17, 15) is 4.79 Å². The van der Waals surface area contributed by atoms with Gasteiger partial charge < -0.3 is 4.90 Å². The van der Waals surface area contributed by atoms with Gasteiger partial charge in [-0.2, -0.15) is 0 Å². The molecule has 0 bridgehead atoms. The van der Waals surface area contributed by atoms with E-state index in [4.69, 9.17) is 0 Å². The average Bonchev–Trinajstić information content (AvgIpc) is 3.06. The van der Waals surface area contributed by atoms with Crippen molar-refractivity contribution in [3.05, 3.63) is 47.4 Å². The first-order valence-corrected chi connectivity index (χ1v) is 11.5. The number of hydrogen-bond acceptors (Lipinski definition) is 2. The van der Waals surface area contributed by atoms with Gasteiger partial charge in [-0.05, 0) is 91.9 Å². The molecule has 0 spiro atoms.